The summed E-state index contributed by atoms with van der Waals surface area (Å²) in [6, 6.07) is 11.4. The van der Waals surface area contributed by atoms with Gasteiger partial charge in [0.05, 0.1) is 7.11 Å². The molecular formula is C14H12Cl2O. The molecule has 0 heterocycles. The number of hydrogen-bond acceptors (Lipinski definition) is 1. The lowest BCUT2D eigenvalue weighted by Crippen LogP contribution is -1.87. The van der Waals surface area contributed by atoms with Gasteiger partial charge in [-0.25, -0.2) is 0 Å². The van der Waals surface area contributed by atoms with Crippen molar-refractivity contribution in [2.45, 2.75) is 6.92 Å². The second-order valence-corrected chi connectivity index (χ2v) is 4.64. The zero-order valence-corrected chi connectivity index (χ0v) is 11.1. The van der Waals surface area contributed by atoms with Gasteiger partial charge in [0.15, 0.2) is 0 Å². The molecule has 2 aromatic rings. The van der Waals surface area contributed by atoms with E-state index < -0.39 is 0 Å². The quantitative estimate of drug-likeness (QED) is 0.745. The molecule has 88 valence electrons. The molecule has 0 aliphatic carbocycles. The molecule has 0 saturated heterocycles. The number of ether oxygens (including phenoxy) is 1. The molecule has 2 aromatic carbocycles. The minimum absolute atomic E-state index is 0.665. The number of benzene rings is 2. The van der Waals surface area contributed by atoms with Crippen LogP contribution in [0.25, 0.3) is 11.1 Å². The Kier molecular flexibility index (Phi) is 3.60. The molecular weight excluding hydrogens is 255 g/mol. The zero-order valence-electron chi connectivity index (χ0n) is 9.63. The summed E-state index contributed by atoms with van der Waals surface area (Å²) in [6.07, 6.45) is 0. The van der Waals surface area contributed by atoms with E-state index in [0.717, 1.165) is 22.4 Å². The van der Waals surface area contributed by atoms with Gasteiger partial charge in [-0.2, -0.15) is 0 Å². The van der Waals surface area contributed by atoms with Crippen molar-refractivity contribution in [3.05, 3.63) is 52.0 Å². The number of rotatable bonds is 2. The zero-order chi connectivity index (χ0) is 12.4. The Labute approximate surface area is 111 Å². The molecule has 0 unspecified atom stereocenters. The van der Waals surface area contributed by atoms with Gasteiger partial charge in [-0.3, -0.25) is 0 Å². The van der Waals surface area contributed by atoms with Crippen LogP contribution in [0.5, 0.6) is 5.75 Å². The highest BCUT2D eigenvalue weighted by atomic mass is 35.5. The van der Waals surface area contributed by atoms with Crippen LogP contribution in [-0.2, 0) is 0 Å². The molecule has 0 bridgehead atoms. The lowest BCUT2D eigenvalue weighted by molar-refractivity contribution is 0.415. The third-order valence-corrected chi connectivity index (χ3v) is 3.24. The van der Waals surface area contributed by atoms with Crippen LogP contribution in [0, 0.1) is 6.92 Å². The average molecular weight is 267 g/mol. The summed E-state index contributed by atoms with van der Waals surface area (Å²) in [5, 5.41) is 1.35. The minimum Gasteiger partial charge on any atom is -0.497 e. The van der Waals surface area contributed by atoms with Crippen molar-refractivity contribution in [1.82, 2.24) is 0 Å². The first-order valence-electron chi connectivity index (χ1n) is 5.22. The largest absolute Gasteiger partial charge is 0.497 e. The lowest BCUT2D eigenvalue weighted by Gasteiger charge is -2.10. The fraction of sp³-hybridized carbons (Fsp3) is 0.143. The van der Waals surface area contributed by atoms with Gasteiger partial charge in [0, 0.05) is 21.2 Å². The van der Waals surface area contributed by atoms with Crippen LogP contribution in [0.4, 0.5) is 0 Å². The standard InChI is InChI=1S/C14H12Cl2O/c1-9-3-5-13(15)11(7-9)12-8-10(17-2)4-6-14(12)16/h3-8H,1-2H3. The van der Waals surface area contributed by atoms with Crippen molar-refractivity contribution in [2.75, 3.05) is 7.11 Å². The summed E-state index contributed by atoms with van der Waals surface area (Å²) in [5.41, 5.74) is 2.96. The van der Waals surface area contributed by atoms with E-state index in [4.69, 9.17) is 27.9 Å². The van der Waals surface area contributed by atoms with E-state index in [1.807, 2.05) is 43.3 Å². The molecule has 2 rings (SSSR count). The highest BCUT2D eigenvalue weighted by Crippen LogP contribution is 2.36. The molecule has 0 aliphatic heterocycles. The maximum atomic E-state index is 6.20. The molecule has 1 nitrogen and oxygen atoms in total. The summed E-state index contributed by atoms with van der Waals surface area (Å²) in [5.74, 6) is 0.766. The molecule has 17 heavy (non-hydrogen) atoms. The van der Waals surface area contributed by atoms with Crippen molar-refractivity contribution >= 4 is 23.2 Å². The van der Waals surface area contributed by atoms with Crippen LogP contribution in [-0.4, -0.2) is 7.11 Å². The molecule has 0 atom stereocenters. The number of halogens is 2. The molecule has 0 aliphatic rings. The summed E-state index contributed by atoms with van der Waals surface area (Å²) >= 11 is 12.4. The minimum atomic E-state index is 0.665. The number of hydrogen-bond donors (Lipinski definition) is 0. The van der Waals surface area contributed by atoms with E-state index in [1.54, 1.807) is 7.11 Å². The number of methoxy groups -OCH3 is 1. The molecule has 0 saturated carbocycles. The normalized spacial score (nSPS) is 10.4. The Hall–Kier alpha value is -1.18. The Morgan fingerprint density at radius 1 is 0.882 bits per heavy atom. The van der Waals surface area contributed by atoms with Gasteiger partial charge in [0.2, 0.25) is 0 Å². The maximum absolute atomic E-state index is 6.20. The monoisotopic (exact) mass is 266 g/mol. The second kappa shape index (κ2) is 4.99. The summed E-state index contributed by atoms with van der Waals surface area (Å²) in [4.78, 5) is 0. The van der Waals surface area contributed by atoms with Crippen molar-refractivity contribution < 1.29 is 4.74 Å². The van der Waals surface area contributed by atoms with Crippen molar-refractivity contribution in [2.24, 2.45) is 0 Å². The molecule has 0 radical (unpaired) electrons. The van der Waals surface area contributed by atoms with E-state index in [9.17, 15) is 0 Å². The molecule has 0 fully saturated rings. The van der Waals surface area contributed by atoms with Crippen LogP contribution in [0.15, 0.2) is 36.4 Å². The first-order chi connectivity index (χ1) is 8.11. The van der Waals surface area contributed by atoms with Gasteiger partial charge in [-0.05, 0) is 37.3 Å². The third-order valence-electron chi connectivity index (χ3n) is 2.59. The van der Waals surface area contributed by atoms with E-state index in [0.29, 0.717) is 10.0 Å². The van der Waals surface area contributed by atoms with E-state index in [-0.39, 0.29) is 0 Å². The Morgan fingerprint density at radius 3 is 2.12 bits per heavy atom. The fourth-order valence-corrected chi connectivity index (χ4v) is 2.12. The van der Waals surface area contributed by atoms with Gasteiger partial charge in [-0.15, -0.1) is 0 Å². The average Bonchev–Trinajstić information content (AvgIpc) is 2.33. The summed E-state index contributed by atoms with van der Waals surface area (Å²) < 4.78 is 5.20. The van der Waals surface area contributed by atoms with Gasteiger partial charge in [-0.1, -0.05) is 34.8 Å². The highest BCUT2D eigenvalue weighted by molar-refractivity contribution is 6.36. The van der Waals surface area contributed by atoms with E-state index in [2.05, 4.69) is 0 Å². The second-order valence-electron chi connectivity index (χ2n) is 3.83. The molecule has 3 heteroatoms. The Morgan fingerprint density at radius 2 is 1.47 bits per heavy atom. The molecule has 0 N–H and O–H groups in total. The first-order valence-corrected chi connectivity index (χ1v) is 5.97. The molecule has 0 aromatic heterocycles. The van der Waals surface area contributed by atoms with Gasteiger partial charge in [0.25, 0.3) is 0 Å². The van der Waals surface area contributed by atoms with Crippen LogP contribution < -0.4 is 4.74 Å². The van der Waals surface area contributed by atoms with Gasteiger partial charge >= 0.3 is 0 Å². The van der Waals surface area contributed by atoms with Crippen LogP contribution in [0.2, 0.25) is 10.0 Å². The van der Waals surface area contributed by atoms with Gasteiger partial charge < -0.3 is 4.74 Å². The van der Waals surface area contributed by atoms with Crippen molar-refractivity contribution in [3.8, 4) is 16.9 Å². The predicted molar refractivity (Wildman–Crippen MR) is 73.2 cm³/mol. The third kappa shape index (κ3) is 2.56. The molecule has 0 spiro atoms. The van der Waals surface area contributed by atoms with Crippen molar-refractivity contribution in [1.29, 1.82) is 0 Å². The van der Waals surface area contributed by atoms with Gasteiger partial charge in [0.1, 0.15) is 5.75 Å². The lowest BCUT2D eigenvalue weighted by atomic mass is 10.0. The smallest absolute Gasteiger partial charge is 0.119 e. The fourth-order valence-electron chi connectivity index (χ4n) is 1.68. The summed E-state index contributed by atoms with van der Waals surface area (Å²) in [6.45, 7) is 2.02. The highest BCUT2D eigenvalue weighted by Gasteiger charge is 2.09. The van der Waals surface area contributed by atoms with E-state index >= 15 is 0 Å². The number of aryl methyl sites for hydroxylation is 1. The van der Waals surface area contributed by atoms with Crippen LogP contribution >= 0.6 is 23.2 Å². The summed E-state index contributed by atoms with van der Waals surface area (Å²) in [7, 11) is 1.63. The Bertz CT molecular complexity index is 550. The SMILES string of the molecule is COc1ccc(Cl)c(-c2cc(C)ccc2Cl)c1. The molecule has 0 amide bonds. The predicted octanol–water partition coefficient (Wildman–Crippen LogP) is 4.98. The topological polar surface area (TPSA) is 9.23 Å². The van der Waals surface area contributed by atoms with Crippen LogP contribution in [0.1, 0.15) is 5.56 Å². The van der Waals surface area contributed by atoms with Crippen molar-refractivity contribution in [3.63, 3.8) is 0 Å². The van der Waals surface area contributed by atoms with E-state index in [1.165, 1.54) is 0 Å². The van der Waals surface area contributed by atoms with Crippen LogP contribution in [0.3, 0.4) is 0 Å². The maximum Gasteiger partial charge on any atom is 0.119 e. The Balaban J connectivity index is 2.62. The first kappa shape index (κ1) is 12.3.